The molecule has 0 spiro atoms. The maximum atomic E-state index is 4.25. The van der Waals surface area contributed by atoms with Gasteiger partial charge >= 0.3 is 0 Å². The minimum atomic E-state index is 0.760. The van der Waals surface area contributed by atoms with Gasteiger partial charge in [0.2, 0.25) is 5.62 Å². The number of aromatic nitrogens is 3. The van der Waals surface area contributed by atoms with Crippen LogP contribution in [0.4, 0.5) is 0 Å². The molecule has 0 unspecified atom stereocenters. The van der Waals surface area contributed by atoms with Gasteiger partial charge in [-0.2, -0.15) is 0 Å². The molecule has 0 aliphatic carbocycles. The minimum Gasteiger partial charge on any atom is -0.299 e. The number of hydrogen-bond donors (Lipinski definition) is 0. The Morgan fingerprint density at radius 2 is 2.17 bits per heavy atom. The molecule has 0 aromatic carbocycles. The van der Waals surface area contributed by atoms with E-state index >= 15 is 0 Å². The molecule has 0 aliphatic rings. The maximum Gasteiger partial charge on any atom is 0.227 e. The zero-order valence-corrected chi connectivity index (χ0v) is 7.78. The first-order chi connectivity index (χ1) is 5.79. The molecule has 12 heavy (non-hydrogen) atoms. The summed E-state index contributed by atoms with van der Waals surface area (Å²) in [6.07, 6.45) is 1.55. The zero-order chi connectivity index (χ0) is 8.97. The van der Waals surface area contributed by atoms with Crippen LogP contribution < -0.4 is 5.62 Å². The highest BCUT2D eigenvalue weighted by Gasteiger charge is 1.95. The SMILES string of the molecule is CCN=c1ncnc(C)n1CC. The fourth-order valence-corrected chi connectivity index (χ4v) is 1.09. The summed E-state index contributed by atoms with van der Waals surface area (Å²) in [5.41, 5.74) is 0.771. The van der Waals surface area contributed by atoms with Crippen LogP contribution in [0.1, 0.15) is 19.7 Å². The monoisotopic (exact) mass is 166 g/mol. The second kappa shape index (κ2) is 3.99. The number of aryl methyl sites for hydroxylation is 1. The summed E-state index contributed by atoms with van der Waals surface area (Å²) < 4.78 is 1.99. The molecule has 0 fully saturated rings. The molecule has 1 aromatic rings. The van der Waals surface area contributed by atoms with Gasteiger partial charge in [0.15, 0.2) is 0 Å². The molecule has 0 saturated heterocycles. The highest BCUT2D eigenvalue weighted by Crippen LogP contribution is 1.84. The van der Waals surface area contributed by atoms with Gasteiger partial charge in [-0.25, -0.2) is 9.97 Å². The van der Waals surface area contributed by atoms with Gasteiger partial charge in [-0.3, -0.25) is 9.56 Å². The highest BCUT2D eigenvalue weighted by atomic mass is 15.1. The summed E-state index contributed by atoms with van der Waals surface area (Å²) in [6, 6.07) is 0. The van der Waals surface area contributed by atoms with Gasteiger partial charge in [-0.15, -0.1) is 0 Å². The Bertz CT molecular complexity index is 313. The molecule has 66 valence electrons. The molecule has 4 nitrogen and oxygen atoms in total. The van der Waals surface area contributed by atoms with Crippen LogP contribution in [-0.2, 0) is 6.54 Å². The van der Waals surface area contributed by atoms with E-state index in [4.69, 9.17) is 0 Å². The topological polar surface area (TPSA) is 43.1 Å². The third kappa shape index (κ3) is 1.69. The van der Waals surface area contributed by atoms with Crippen molar-refractivity contribution >= 4 is 0 Å². The van der Waals surface area contributed by atoms with Crippen LogP contribution in [0, 0.1) is 6.92 Å². The van der Waals surface area contributed by atoms with E-state index in [9.17, 15) is 0 Å². The average molecular weight is 166 g/mol. The van der Waals surface area contributed by atoms with E-state index in [1.807, 2.05) is 18.4 Å². The first kappa shape index (κ1) is 8.90. The molecule has 0 radical (unpaired) electrons. The Balaban J connectivity index is 3.28. The summed E-state index contributed by atoms with van der Waals surface area (Å²) in [4.78, 5) is 12.4. The second-order valence-corrected chi connectivity index (χ2v) is 2.44. The van der Waals surface area contributed by atoms with Gasteiger partial charge in [-0.1, -0.05) is 0 Å². The Kier molecular flexibility index (Phi) is 2.96. The van der Waals surface area contributed by atoms with Crippen LogP contribution >= 0.6 is 0 Å². The summed E-state index contributed by atoms with van der Waals surface area (Å²) in [7, 11) is 0. The van der Waals surface area contributed by atoms with E-state index in [0.29, 0.717) is 0 Å². The second-order valence-electron chi connectivity index (χ2n) is 2.44. The first-order valence-electron chi connectivity index (χ1n) is 4.18. The quantitative estimate of drug-likeness (QED) is 0.643. The predicted molar refractivity (Wildman–Crippen MR) is 46.5 cm³/mol. The normalized spacial score (nSPS) is 12.1. The summed E-state index contributed by atoms with van der Waals surface area (Å²) in [5, 5.41) is 0. The summed E-state index contributed by atoms with van der Waals surface area (Å²) >= 11 is 0. The molecule has 0 saturated carbocycles. The van der Waals surface area contributed by atoms with Crippen LogP contribution in [-0.4, -0.2) is 21.1 Å². The molecular formula is C8H14N4. The number of nitrogens with zero attached hydrogens (tertiary/aromatic N) is 4. The standard InChI is InChI=1S/C8H14N4/c1-4-9-8-11-6-10-7(3)12(8)5-2/h6H,4-5H2,1-3H3. The van der Waals surface area contributed by atoms with Crippen molar-refractivity contribution in [2.45, 2.75) is 27.3 Å². The molecule has 4 heteroatoms. The van der Waals surface area contributed by atoms with Crippen molar-refractivity contribution in [2.24, 2.45) is 4.99 Å². The van der Waals surface area contributed by atoms with Crippen LogP contribution in [0.3, 0.4) is 0 Å². The number of hydrogen-bond acceptors (Lipinski definition) is 3. The third-order valence-electron chi connectivity index (χ3n) is 1.67. The van der Waals surface area contributed by atoms with E-state index in [-0.39, 0.29) is 0 Å². The largest absolute Gasteiger partial charge is 0.299 e. The lowest BCUT2D eigenvalue weighted by molar-refractivity contribution is 0.622. The Labute approximate surface area is 72.0 Å². The lowest BCUT2D eigenvalue weighted by atomic mass is 10.6. The van der Waals surface area contributed by atoms with Crippen molar-refractivity contribution in [1.29, 1.82) is 0 Å². The Morgan fingerprint density at radius 3 is 2.75 bits per heavy atom. The molecule has 0 atom stereocenters. The van der Waals surface area contributed by atoms with Gasteiger partial charge in [-0.05, 0) is 20.8 Å². The fourth-order valence-electron chi connectivity index (χ4n) is 1.09. The number of rotatable bonds is 2. The maximum absolute atomic E-state index is 4.25. The van der Waals surface area contributed by atoms with Crippen molar-refractivity contribution in [3.05, 3.63) is 17.8 Å². The van der Waals surface area contributed by atoms with Crippen molar-refractivity contribution in [3.63, 3.8) is 0 Å². The van der Waals surface area contributed by atoms with Crippen LogP contribution in [0.5, 0.6) is 0 Å². The molecule has 1 rings (SSSR count). The smallest absolute Gasteiger partial charge is 0.227 e. The predicted octanol–water partition coefficient (Wildman–Crippen LogP) is 0.527. The van der Waals surface area contributed by atoms with E-state index < -0.39 is 0 Å². The van der Waals surface area contributed by atoms with Gasteiger partial charge in [0.1, 0.15) is 12.2 Å². The first-order valence-corrected chi connectivity index (χ1v) is 4.18. The summed E-state index contributed by atoms with van der Waals surface area (Å²) in [5.74, 6) is 0.958. The zero-order valence-electron chi connectivity index (χ0n) is 7.78. The van der Waals surface area contributed by atoms with Crippen molar-refractivity contribution in [2.75, 3.05) is 6.54 Å². The third-order valence-corrected chi connectivity index (χ3v) is 1.67. The van der Waals surface area contributed by atoms with E-state index in [0.717, 1.165) is 24.5 Å². The Morgan fingerprint density at radius 1 is 1.42 bits per heavy atom. The van der Waals surface area contributed by atoms with Crippen molar-refractivity contribution in [3.8, 4) is 0 Å². The van der Waals surface area contributed by atoms with Crippen LogP contribution in [0.15, 0.2) is 11.3 Å². The van der Waals surface area contributed by atoms with E-state index in [1.165, 1.54) is 0 Å². The molecule has 0 bridgehead atoms. The average Bonchev–Trinajstić information content (AvgIpc) is 2.05. The summed E-state index contributed by atoms with van der Waals surface area (Å²) in [6.45, 7) is 7.64. The van der Waals surface area contributed by atoms with Gasteiger partial charge in [0.25, 0.3) is 0 Å². The van der Waals surface area contributed by atoms with Crippen LogP contribution in [0.25, 0.3) is 0 Å². The van der Waals surface area contributed by atoms with Gasteiger partial charge in [0.05, 0.1) is 0 Å². The van der Waals surface area contributed by atoms with Crippen molar-refractivity contribution < 1.29 is 0 Å². The van der Waals surface area contributed by atoms with Crippen LogP contribution in [0.2, 0.25) is 0 Å². The molecule has 0 aliphatic heterocycles. The van der Waals surface area contributed by atoms with E-state index in [1.54, 1.807) is 6.33 Å². The van der Waals surface area contributed by atoms with Gasteiger partial charge < -0.3 is 0 Å². The lowest BCUT2D eigenvalue weighted by Gasteiger charge is -2.04. The molecule has 0 N–H and O–H groups in total. The lowest BCUT2D eigenvalue weighted by Crippen LogP contribution is -2.26. The van der Waals surface area contributed by atoms with Crippen molar-refractivity contribution in [1.82, 2.24) is 14.5 Å². The minimum absolute atomic E-state index is 0.760. The van der Waals surface area contributed by atoms with E-state index in [2.05, 4.69) is 21.9 Å². The molecular weight excluding hydrogens is 152 g/mol. The molecule has 1 heterocycles. The Hall–Kier alpha value is -1.19. The highest BCUT2D eigenvalue weighted by molar-refractivity contribution is 4.80. The molecule has 1 aromatic heterocycles. The van der Waals surface area contributed by atoms with Gasteiger partial charge in [0, 0.05) is 13.1 Å². The molecule has 0 amide bonds. The fraction of sp³-hybridized carbons (Fsp3) is 0.625.